The van der Waals surface area contributed by atoms with E-state index in [-0.39, 0.29) is 12.0 Å². The second-order valence-corrected chi connectivity index (χ2v) is 5.38. The SMILES string of the molecule is CC(C)[C@]1(O)c2ccccc2O[C@@H]1c1ccccc1. The highest BCUT2D eigenvalue weighted by molar-refractivity contribution is 5.45. The van der Waals surface area contributed by atoms with E-state index in [0.717, 1.165) is 16.9 Å². The first-order valence-corrected chi connectivity index (χ1v) is 6.67. The molecule has 0 fully saturated rings. The summed E-state index contributed by atoms with van der Waals surface area (Å²) >= 11 is 0. The fourth-order valence-corrected chi connectivity index (χ4v) is 2.82. The number of fused-ring (bicyclic) bond motifs is 1. The predicted molar refractivity (Wildman–Crippen MR) is 75.0 cm³/mol. The monoisotopic (exact) mass is 254 g/mol. The van der Waals surface area contributed by atoms with Crippen LogP contribution in [0.4, 0.5) is 0 Å². The van der Waals surface area contributed by atoms with Crippen molar-refractivity contribution in [3.05, 3.63) is 65.7 Å². The molecule has 1 aliphatic heterocycles. The Morgan fingerprint density at radius 3 is 2.32 bits per heavy atom. The molecule has 98 valence electrons. The maximum absolute atomic E-state index is 11.2. The smallest absolute Gasteiger partial charge is 0.157 e. The van der Waals surface area contributed by atoms with Gasteiger partial charge >= 0.3 is 0 Å². The maximum atomic E-state index is 11.2. The van der Waals surface area contributed by atoms with Gasteiger partial charge in [0.1, 0.15) is 11.4 Å². The van der Waals surface area contributed by atoms with Gasteiger partial charge in [0.2, 0.25) is 0 Å². The summed E-state index contributed by atoms with van der Waals surface area (Å²) in [5, 5.41) is 11.2. The molecule has 2 nitrogen and oxygen atoms in total. The van der Waals surface area contributed by atoms with E-state index >= 15 is 0 Å². The van der Waals surface area contributed by atoms with Crippen LogP contribution in [0.3, 0.4) is 0 Å². The molecule has 0 spiro atoms. The van der Waals surface area contributed by atoms with E-state index in [4.69, 9.17) is 4.74 Å². The third-order valence-corrected chi connectivity index (χ3v) is 3.95. The van der Waals surface area contributed by atoms with E-state index in [1.807, 2.05) is 68.4 Å². The van der Waals surface area contributed by atoms with Crippen LogP contribution in [0, 0.1) is 5.92 Å². The first-order chi connectivity index (χ1) is 9.14. The molecule has 19 heavy (non-hydrogen) atoms. The summed E-state index contributed by atoms with van der Waals surface area (Å²) in [6.45, 7) is 4.06. The number of aliphatic hydroxyl groups is 1. The second-order valence-electron chi connectivity index (χ2n) is 5.38. The van der Waals surface area contributed by atoms with Crippen molar-refractivity contribution in [1.82, 2.24) is 0 Å². The average molecular weight is 254 g/mol. The van der Waals surface area contributed by atoms with Gasteiger partial charge in [0, 0.05) is 5.56 Å². The van der Waals surface area contributed by atoms with Crippen molar-refractivity contribution < 1.29 is 9.84 Å². The lowest BCUT2D eigenvalue weighted by atomic mass is 9.78. The quantitative estimate of drug-likeness (QED) is 0.886. The number of ether oxygens (including phenoxy) is 1. The summed E-state index contributed by atoms with van der Waals surface area (Å²) in [5.74, 6) is 0.855. The molecule has 0 aromatic heterocycles. The van der Waals surface area contributed by atoms with E-state index in [9.17, 15) is 5.11 Å². The van der Waals surface area contributed by atoms with Crippen molar-refractivity contribution in [2.45, 2.75) is 25.6 Å². The van der Waals surface area contributed by atoms with E-state index in [1.165, 1.54) is 0 Å². The molecule has 2 aromatic rings. The molecule has 3 rings (SSSR count). The molecule has 0 saturated heterocycles. The molecule has 1 heterocycles. The van der Waals surface area contributed by atoms with Gasteiger partial charge in [-0.2, -0.15) is 0 Å². The summed E-state index contributed by atoms with van der Waals surface area (Å²) in [5.41, 5.74) is 0.923. The molecule has 0 aliphatic carbocycles. The Morgan fingerprint density at radius 1 is 1.00 bits per heavy atom. The first kappa shape index (κ1) is 12.2. The van der Waals surface area contributed by atoms with Crippen LogP contribution in [0.5, 0.6) is 5.75 Å². The van der Waals surface area contributed by atoms with Crippen molar-refractivity contribution in [1.29, 1.82) is 0 Å². The molecule has 0 unspecified atom stereocenters. The van der Waals surface area contributed by atoms with Crippen molar-refractivity contribution in [2.75, 3.05) is 0 Å². The van der Waals surface area contributed by atoms with Crippen LogP contribution >= 0.6 is 0 Å². The molecule has 0 bridgehead atoms. The van der Waals surface area contributed by atoms with Gasteiger partial charge in [-0.3, -0.25) is 0 Å². The van der Waals surface area contributed by atoms with E-state index < -0.39 is 5.60 Å². The zero-order valence-corrected chi connectivity index (χ0v) is 11.2. The molecular formula is C17H18O2. The Hall–Kier alpha value is -1.80. The molecule has 1 aliphatic rings. The van der Waals surface area contributed by atoms with Crippen LogP contribution < -0.4 is 4.74 Å². The van der Waals surface area contributed by atoms with Gasteiger partial charge in [0.05, 0.1) is 0 Å². The first-order valence-electron chi connectivity index (χ1n) is 6.67. The highest BCUT2D eigenvalue weighted by Crippen LogP contribution is 2.52. The molecule has 0 saturated carbocycles. The van der Waals surface area contributed by atoms with Crippen molar-refractivity contribution in [2.24, 2.45) is 5.92 Å². The third kappa shape index (κ3) is 1.75. The molecule has 2 aromatic carbocycles. The fourth-order valence-electron chi connectivity index (χ4n) is 2.82. The van der Waals surface area contributed by atoms with Crippen molar-refractivity contribution in [3.63, 3.8) is 0 Å². The van der Waals surface area contributed by atoms with E-state index in [1.54, 1.807) is 0 Å². The van der Waals surface area contributed by atoms with Crippen LogP contribution in [-0.2, 0) is 5.60 Å². The van der Waals surface area contributed by atoms with E-state index in [2.05, 4.69) is 0 Å². The topological polar surface area (TPSA) is 29.5 Å². The Bertz CT molecular complexity index is 577. The third-order valence-electron chi connectivity index (χ3n) is 3.95. The minimum Gasteiger partial charge on any atom is -0.482 e. The van der Waals surface area contributed by atoms with Gasteiger partial charge in [-0.1, -0.05) is 62.4 Å². The predicted octanol–water partition coefficient (Wildman–Crippen LogP) is 3.66. The Morgan fingerprint density at radius 2 is 1.63 bits per heavy atom. The lowest BCUT2D eigenvalue weighted by molar-refractivity contribution is -0.0777. The van der Waals surface area contributed by atoms with Gasteiger partial charge < -0.3 is 9.84 Å². The van der Waals surface area contributed by atoms with Crippen LogP contribution in [0.1, 0.15) is 31.1 Å². The van der Waals surface area contributed by atoms with Crippen molar-refractivity contribution >= 4 is 0 Å². The summed E-state index contributed by atoms with van der Waals surface area (Å²) in [7, 11) is 0. The largest absolute Gasteiger partial charge is 0.482 e. The number of hydrogen-bond acceptors (Lipinski definition) is 2. The molecule has 0 amide bonds. The second kappa shape index (κ2) is 4.39. The molecule has 1 N–H and O–H groups in total. The number of rotatable bonds is 2. The molecular weight excluding hydrogens is 236 g/mol. The minimum atomic E-state index is -0.974. The van der Waals surface area contributed by atoms with Crippen LogP contribution in [0.2, 0.25) is 0 Å². The average Bonchev–Trinajstić information content (AvgIpc) is 2.75. The highest BCUT2D eigenvalue weighted by atomic mass is 16.5. The van der Waals surface area contributed by atoms with Crippen LogP contribution in [0.25, 0.3) is 0 Å². The molecule has 2 heteroatoms. The van der Waals surface area contributed by atoms with Crippen molar-refractivity contribution in [3.8, 4) is 5.75 Å². The van der Waals surface area contributed by atoms with Crippen LogP contribution in [0.15, 0.2) is 54.6 Å². The zero-order valence-electron chi connectivity index (χ0n) is 11.2. The zero-order chi connectivity index (χ0) is 13.5. The lowest BCUT2D eigenvalue weighted by Gasteiger charge is -2.33. The van der Waals surface area contributed by atoms with Gasteiger partial charge in [0.15, 0.2) is 6.10 Å². The summed E-state index contributed by atoms with van der Waals surface area (Å²) in [6.07, 6.45) is -0.342. The fraction of sp³-hybridized carbons (Fsp3) is 0.294. The standard InChI is InChI=1S/C17H18O2/c1-12(2)17(18)14-10-6-7-11-15(14)19-16(17)13-8-4-3-5-9-13/h3-12,16,18H,1-2H3/t16-,17+/m1/s1. The maximum Gasteiger partial charge on any atom is 0.157 e. The van der Waals surface area contributed by atoms with Gasteiger partial charge in [-0.25, -0.2) is 0 Å². The Labute approximate surface area is 113 Å². The summed E-state index contributed by atoms with van der Waals surface area (Å²) < 4.78 is 6.02. The van der Waals surface area contributed by atoms with Gasteiger partial charge in [0.25, 0.3) is 0 Å². The highest BCUT2D eigenvalue weighted by Gasteiger charge is 2.50. The van der Waals surface area contributed by atoms with E-state index in [0.29, 0.717) is 0 Å². The number of hydrogen-bond donors (Lipinski definition) is 1. The molecule has 2 atom stereocenters. The van der Waals surface area contributed by atoms with Gasteiger partial charge in [-0.05, 0) is 17.5 Å². The normalized spacial score (nSPS) is 25.2. The number of para-hydroxylation sites is 1. The minimum absolute atomic E-state index is 0.0707. The Balaban J connectivity index is 2.14. The number of benzene rings is 2. The molecule has 0 radical (unpaired) electrons. The van der Waals surface area contributed by atoms with Crippen LogP contribution in [-0.4, -0.2) is 5.11 Å². The summed E-state index contributed by atoms with van der Waals surface area (Å²) in [4.78, 5) is 0. The van der Waals surface area contributed by atoms with Gasteiger partial charge in [-0.15, -0.1) is 0 Å². The summed E-state index contributed by atoms with van der Waals surface area (Å²) in [6, 6.07) is 17.7. The lowest BCUT2D eigenvalue weighted by Crippen LogP contribution is -2.36. The Kier molecular flexibility index (Phi) is 2.83.